The van der Waals surface area contributed by atoms with Gasteiger partial charge in [-0.15, -0.1) is 12.4 Å². The number of amides is 2. The van der Waals surface area contributed by atoms with Gasteiger partial charge in [-0.1, -0.05) is 31.5 Å². The van der Waals surface area contributed by atoms with Crippen LogP contribution in [0.4, 0.5) is 0 Å². The molecule has 7 heteroatoms. The van der Waals surface area contributed by atoms with Gasteiger partial charge in [0.05, 0.1) is 6.04 Å². The van der Waals surface area contributed by atoms with Gasteiger partial charge in [-0.25, -0.2) is 0 Å². The minimum atomic E-state index is -0.550. The summed E-state index contributed by atoms with van der Waals surface area (Å²) in [5.41, 5.74) is 6.91. The Hall–Kier alpha value is -1.79. The van der Waals surface area contributed by atoms with Gasteiger partial charge in [0.2, 0.25) is 5.91 Å². The summed E-state index contributed by atoms with van der Waals surface area (Å²) in [6.45, 7) is 7.83. The Labute approximate surface area is 162 Å². The molecule has 1 saturated heterocycles. The third kappa shape index (κ3) is 5.61. The van der Waals surface area contributed by atoms with Gasteiger partial charge in [-0.2, -0.15) is 0 Å². The first-order valence-corrected chi connectivity index (χ1v) is 8.99. The van der Waals surface area contributed by atoms with E-state index in [1.807, 2.05) is 38.1 Å². The highest BCUT2D eigenvalue weighted by Gasteiger charge is 2.29. The number of rotatable bonds is 6. The number of benzene rings is 1. The normalized spacial score (nSPS) is 16.5. The molecular weight excluding hydrogens is 354 g/mol. The van der Waals surface area contributed by atoms with Crippen molar-refractivity contribution in [3.05, 3.63) is 29.8 Å². The highest BCUT2D eigenvalue weighted by atomic mass is 35.5. The molecule has 0 bridgehead atoms. The van der Waals surface area contributed by atoms with Crippen LogP contribution in [0.5, 0.6) is 5.75 Å². The number of halogens is 1. The SMILES string of the molecule is CCCC(N)C(=O)N1CCN(C(=O)C(C)Oc2ccccc2C)CC1.Cl. The van der Waals surface area contributed by atoms with Crippen LogP contribution >= 0.6 is 12.4 Å². The van der Waals surface area contributed by atoms with Crippen LogP contribution in [-0.2, 0) is 9.59 Å². The molecule has 1 aliphatic rings. The zero-order chi connectivity index (χ0) is 18.4. The van der Waals surface area contributed by atoms with Gasteiger partial charge >= 0.3 is 0 Å². The van der Waals surface area contributed by atoms with Crippen molar-refractivity contribution >= 4 is 24.2 Å². The molecule has 1 aromatic rings. The highest BCUT2D eigenvalue weighted by molar-refractivity contribution is 5.85. The molecule has 0 spiro atoms. The Bertz CT molecular complexity index is 603. The lowest BCUT2D eigenvalue weighted by molar-refractivity contribution is -0.144. The molecule has 6 nitrogen and oxygen atoms in total. The van der Waals surface area contributed by atoms with Gasteiger partial charge in [-0.05, 0) is 31.9 Å². The molecule has 0 aromatic heterocycles. The standard InChI is InChI=1S/C19H29N3O3.ClH/c1-4-7-16(20)19(24)22-12-10-21(11-13-22)18(23)15(3)25-17-9-6-5-8-14(17)2;/h5-6,8-9,15-16H,4,7,10-13,20H2,1-3H3;1H. The summed E-state index contributed by atoms with van der Waals surface area (Å²) in [6.07, 6.45) is 1.03. The van der Waals surface area contributed by atoms with Crippen LogP contribution in [-0.4, -0.2) is 59.9 Å². The average Bonchev–Trinajstić information content (AvgIpc) is 2.62. The van der Waals surface area contributed by atoms with E-state index in [1.165, 1.54) is 0 Å². The number of ether oxygens (including phenoxy) is 1. The molecular formula is C19H30ClN3O3. The molecule has 1 fully saturated rings. The van der Waals surface area contributed by atoms with Crippen molar-refractivity contribution < 1.29 is 14.3 Å². The topological polar surface area (TPSA) is 75.9 Å². The number of carbonyl (C=O) groups is 2. The Morgan fingerprint density at radius 1 is 1.12 bits per heavy atom. The minimum absolute atomic E-state index is 0. The second-order valence-electron chi connectivity index (χ2n) is 6.57. The molecule has 1 aromatic carbocycles. The van der Waals surface area contributed by atoms with E-state index in [2.05, 4.69) is 0 Å². The van der Waals surface area contributed by atoms with Crippen LogP contribution in [0.2, 0.25) is 0 Å². The summed E-state index contributed by atoms with van der Waals surface area (Å²) in [5.74, 6) is 0.661. The van der Waals surface area contributed by atoms with Crippen molar-refractivity contribution in [2.45, 2.75) is 45.8 Å². The second kappa shape index (κ2) is 10.4. The Morgan fingerprint density at radius 2 is 1.65 bits per heavy atom. The fraction of sp³-hybridized carbons (Fsp3) is 0.579. The van der Waals surface area contributed by atoms with Crippen molar-refractivity contribution in [1.29, 1.82) is 0 Å². The molecule has 2 unspecified atom stereocenters. The fourth-order valence-electron chi connectivity index (χ4n) is 3.00. The molecule has 2 amide bonds. The lowest BCUT2D eigenvalue weighted by Gasteiger charge is -2.36. The van der Waals surface area contributed by atoms with E-state index >= 15 is 0 Å². The monoisotopic (exact) mass is 383 g/mol. The first kappa shape index (κ1) is 22.3. The second-order valence-corrected chi connectivity index (χ2v) is 6.57. The molecule has 26 heavy (non-hydrogen) atoms. The van der Waals surface area contributed by atoms with Crippen molar-refractivity contribution in [2.75, 3.05) is 26.2 Å². The number of nitrogens with zero attached hydrogens (tertiary/aromatic N) is 2. The van der Waals surface area contributed by atoms with Crippen molar-refractivity contribution in [3.8, 4) is 5.75 Å². The summed E-state index contributed by atoms with van der Waals surface area (Å²) in [7, 11) is 0. The summed E-state index contributed by atoms with van der Waals surface area (Å²) in [4.78, 5) is 28.4. The zero-order valence-corrected chi connectivity index (χ0v) is 16.6. The molecule has 2 rings (SSSR count). The maximum absolute atomic E-state index is 12.6. The van der Waals surface area contributed by atoms with Gasteiger partial charge in [0.15, 0.2) is 6.10 Å². The van der Waals surface area contributed by atoms with Crippen LogP contribution in [0, 0.1) is 6.92 Å². The van der Waals surface area contributed by atoms with Crippen molar-refractivity contribution in [2.24, 2.45) is 5.73 Å². The first-order valence-electron chi connectivity index (χ1n) is 8.99. The quantitative estimate of drug-likeness (QED) is 0.815. The number of hydrogen-bond acceptors (Lipinski definition) is 4. The van der Waals surface area contributed by atoms with Gasteiger partial charge in [0, 0.05) is 26.2 Å². The molecule has 0 saturated carbocycles. The van der Waals surface area contributed by atoms with Crippen LogP contribution in [0.1, 0.15) is 32.3 Å². The third-order valence-corrected chi connectivity index (χ3v) is 4.56. The lowest BCUT2D eigenvalue weighted by Crippen LogP contribution is -2.56. The van der Waals surface area contributed by atoms with Crippen LogP contribution in [0.3, 0.4) is 0 Å². The van der Waals surface area contributed by atoms with Gasteiger partial charge in [0.25, 0.3) is 5.91 Å². The number of para-hydroxylation sites is 1. The van der Waals surface area contributed by atoms with Crippen LogP contribution in [0.25, 0.3) is 0 Å². The lowest BCUT2D eigenvalue weighted by atomic mass is 10.1. The molecule has 146 valence electrons. The van der Waals surface area contributed by atoms with E-state index in [0.717, 1.165) is 17.7 Å². The average molecular weight is 384 g/mol. The predicted molar refractivity (Wildman–Crippen MR) is 105 cm³/mol. The summed E-state index contributed by atoms with van der Waals surface area (Å²) >= 11 is 0. The molecule has 1 aliphatic heterocycles. The maximum Gasteiger partial charge on any atom is 0.263 e. The number of piperazine rings is 1. The number of carbonyl (C=O) groups excluding carboxylic acids is 2. The zero-order valence-electron chi connectivity index (χ0n) is 15.8. The summed E-state index contributed by atoms with van der Waals surface area (Å²) in [5, 5.41) is 0. The predicted octanol–water partition coefficient (Wildman–Crippen LogP) is 1.98. The third-order valence-electron chi connectivity index (χ3n) is 4.56. The molecule has 0 radical (unpaired) electrons. The Kier molecular flexibility index (Phi) is 8.88. The van der Waals surface area contributed by atoms with Gasteiger partial charge in [-0.3, -0.25) is 9.59 Å². The van der Waals surface area contributed by atoms with Gasteiger partial charge in [0.1, 0.15) is 5.75 Å². The van der Waals surface area contributed by atoms with E-state index in [0.29, 0.717) is 32.6 Å². The fourth-order valence-corrected chi connectivity index (χ4v) is 3.00. The Morgan fingerprint density at radius 3 is 2.19 bits per heavy atom. The van der Waals surface area contributed by atoms with E-state index in [9.17, 15) is 9.59 Å². The van der Waals surface area contributed by atoms with E-state index in [1.54, 1.807) is 16.7 Å². The van der Waals surface area contributed by atoms with E-state index in [-0.39, 0.29) is 24.2 Å². The maximum atomic E-state index is 12.6. The largest absolute Gasteiger partial charge is 0.481 e. The molecule has 0 aliphatic carbocycles. The van der Waals surface area contributed by atoms with Crippen LogP contribution < -0.4 is 10.5 Å². The number of hydrogen-bond donors (Lipinski definition) is 1. The minimum Gasteiger partial charge on any atom is -0.481 e. The van der Waals surface area contributed by atoms with Crippen molar-refractivity contribution in [1.82, 2.24) is 9.80 Å². The summed E-state index contributed by atoms with van der Waals surface area (Å²) in [6, 6.07) is 7.22. The molecule has 1 heterocycles. The van der Waals surface area contributed by atoms with Gasteiger partial charge < -0.3 is 20.3 Å². The number of nitrogens with two attached hydrogens (primary N) is 1. The number of aryl methyl sites for hydroxylation is 1. The smallest absolute Gasteiger partial charge is 0.263 e. The van der Waals surface area contributed by atoms with E-state index in [4.69, 9.17) is 10.5 Å². The van der Waals surface area contributed by atoms with E-state index < -0.39 is 12.1 Å². The summed E-state index contributed by atoms with van der Waals surface area (Å²) < 4.78 is 5.81. The molecule has 2 atom stereocenters. The van der Waals surface area contributed by atoms with Crippen LogP contribution in [0.15, 0.2) is 24.3 Å². The molecule has 2 N–H and O–H groups in total. The highest BCUT2D eigenvalue weighted by Crippen LogP contribution is 2.19. The Balaban J connectivity index is 0.00000338. The van der Waals surface area contributed by atoms with Crippen molar-refractivity contribution in [3.63, 3.8) is 0 Å². The first-order chi connectivity index (χ1) is 11.9.